The van der Waals surface area contributed by atoms with Crippen molar-refractivity contribution in [3.8, 4) is 0 Å². The Kier molecular flexibility index (Phi) is 3.97. The van der Waals surface area contributed by atoms with Gasteiger partial charge in [-0.05, 0) is 24.3 Å². The van der Waals surface area contributed by atoms with E-state index in [0.29, 0.717) is 17.0 Å². The third-order valence-corrected chi connectivity index (χ3v) is 5.61. The molecular weight excluding hydrogens is 370 g/mol. The fourth-order valence-corrected chi connectivity index (χ4v) is 3.91. The zero-order chi connectivity index (χ0) is 14.9. The number of hydrogen-bond donors (Lipinski definition) is 2. The second kappa shape index (κ2) is 5.38. The first-order valence-electron chi connectivity index (χ1n) is 5.11. The molecular formula is C10H8BrN3O4S2. The van der Waals surface area contributed by atoms with E-state index in [4.69, 9.17) is 5.73 Å². The van der Waals surface area contributed by atoms with Crippen LogP contribution in [0.15, 0.2) is 39.0 Å². The molecule has 2 rings (SSSR count). The van der Waals surface area contributed by atoms with Crippen LogP contribution in [-0.2, 0) is 10.0 Å². The zero-order valence-electron chi connectivity index (χ0n) is 9.74. The second-order valence-corrected chi connectivity index (χ2v) is 7.59. The Balaban J connectivity index is 2.33. The number of thiophene rings is 1. The highest BCUT2D eigenvalue weighted by Crippen LogP contribution is 2.35. The van der Waals surface area contributed by atoms with Crippen molar-refractivity contribution in [2.45, 2.75) is 4.21 Å². The minimum atomic E-state index is -3.89. The summed E-state index contributed by atoms with van der Waals surface area (Å²) in [5.41, 5.74) is 5.37. The molecule has 2 aromatic rings. The molecule has 0 bridgehead atoms. The smallest absolute Gasteiger partial charge is 0.304 e. The minimum absolute atomic E-state index is 0.147. The van der Waals surface area contributed by atoms with Crippen molar-refractivity contribution >= 4 is 53.7 Å². The molecule has 1 heterocycles. The fraction of sp³-hybridized carbons (Fsp3) is 0. The molecule has 1 aromatic heterocycles. The van der Waals surface area contributed by atoms with Gasteiger partial charge in [0.25, 0.3) is 10.0 Å². The summed E-state index contributed by atoms with van der Waals surface area (Å²) < 4.78 is 27.1. The number of nitrogens with one attached hydrogen (secondary N) is 1. The lowest BCUT2D eigenvalue weighted by Crippen LogP contribution is -2.11. The molecule has 0 aliphatic heterocycles. The number of benzene rings is 1. The molecule has 0 radical (unpaired) electrons. The SMILES string of the molecule is Nc1sc(S(=O)(=O)Nc2ccc(Br)cc2)cc1[N+](=O)[O-]. The van der Waals surface area contributed by atoms with Gasteiger partial charge in [0, 0.05) is 16.2 Å². The largest absolute Gasteiger partial charge is 0.385 e. The molecule has 106 valence electrons. The lowest BCUT2D eigenvalue weighted by molar-refractivity contribution is -0.383. The van der Waals surface area contributed by atoms with Crippen LogP contribution in [0.5, 0.6) is 0 Å². The molecule has 0 aliphatic rings. The van der Waals surface area contributed by atoms with Crippen LogP contribution in [0.4, 0.5) is 16.4 Å². The van der Waals surface area contributed by atoms with Crippen molar-refractivity contribution in [3.05, 3.63) is 44.9 Å². The second-order valence-electron chi connectivity index (χ2n) is 3.68. The average Bonchev–Trinajstić information content (AvgIpc) is 2.75. The van der Waals surface area contributed by atoms with Crippen LogP contribution in [0.3, 0.4) is 0 Å². The summed E-state index contributed by atoms with van der Waals surface area (Å²) in [6.07, 6.45) is 0. The molecule has 0 fully saturated rings. The number of halogens is 1. The lowest BCUT2D eigenvalue weighted by atomic mass is 10.3. The summed E-state index contributed by atoms with van der Waals surface area (Å²) >= 11 is 3.88. The number of nitrogens with two attached hydrogens (primary N) is 1. The summed E-state index contributed by atoms with van der Waals surface area (Å²) in [5, 5.41) is 10.5. The maximum absolute atomic E-state index is 12.1. The van der Waals surface area contributed by atoms with Gasteiger partial charge in [-0.1, -0.05) is 27.3 Å². The molecule has 0 atom stereocenters. The molecule has 10 heteroatoms. The van der Waals surface area contributed by atoms with E-state index in [9.17, 15) is 18.5 Å². The van der Waals surface area contributed by atoms with Crippen molar-refractivity contribution in [1.29, 1.82) is 0 Å². The number of hydrogen-bond acceptors (Lipinski definition) is 6. The van der Waals surface area contributed by atoms with Crippen LogP contribution in [-0.4, -0.2) is 13.3 Å². The molecule has 1 aromatic carbocycles. The Bertz CT molecular complexity index is 755. The number of rotatable bonds is 4. The minimum Gasteiger partial charge on any atom is -0.385 e. The van der Waals surface area contributed by atoms with Gasteiger partial charge in [0.2, 0.25) is 0 Å². The van der Waals surface area contributed by atoms with E-state index in [1.165, 1.54) is 0 Å². The highest BCUT2D eigenvalue weighted by atomic mass is 79.9. The summed E-state index contributed by atoms with van der Waals surface area (Å²) in [4.78, 5) is 9.95. The topological polar surface area (TPSA) is 115 Å². The number of sulfonamides is 1. The van der Waals surface area contributed by atoms with E-state index in [2.05, 4.69) is 20.7 Å². The Morgan fingerprint density at radius 2 is 1.90 bits per heavy atom. The summed E-state index contributed by atoms with van der Waals surface area (Å²) in [6.45, 7) is 0. The predicted molar refractivity (Wildman–Crippen MR) is 80.3 cm³/mol. The van der Waals surface area contributed by atoms with E-state index in [-0.39, 0.29) is 9.21 Å². The average molecular weight is 378 g/mol. The predicted octanol–water partition coefficient (Wildman–Crippen LogP) is 2.80. The van der Waals surface area contributed by atoms with Gasteiger partial charge >= 0.3 is 5.69 Å². The van der Waals surface area contributed by atoms with Crippen LogP contribution >= 0.6 is 27.3 Å². The van der Waals surface area contributed by atoms with E-state index >= 15 is 0 Å². The van der Waals surface area contributed by atoms with E-state index in [1.807, 2.05) is 0 Å². The third kappa shape index (κ3) is 3.08. The maximum atomic E-state index is 12.1. The van der Waals surface area contributed by atoms with Crippen molar-refractivity contribution in [1.82, 2.24) is 0 Å². The molecule has 7 nitrogen and oxygen atoms in total. The summed E-state index contributed by atoms with van der Waals surface area (Å²) in [5.74, 6) is 0. The molecule has 0 spiro atoms. The van der Waals surface area contributed by atoms with Crippen LogP contribution in [0.2, 0.25) is 0 Å². The van der Waals surface area contributed by atoms with Crippen LogP contribution in [0.25, 0.3) is 0 Å². The number of nitrogens with zero attached hydrogens (tertiary/aromatic N) is 1. The van der Waals surface area contributed by atoms with Gasteiger partial charge in [-0.2, -0.15) is 0 Å². The normalized spacial score (nSPS) is 11.2. The quantitative estimate of drug-likeness (QED) is 0.627. The molecule has 0 saturated heterocycles. The number of nitro groups is 1. The molecule has 0 amide bonds. The number of nitrogen functional groups attached to an aromatic ring is 1. The Morgan fingerprint density at radius 3 is 2.40 bits per heavy atom. The van der Waals surface area contributed by atoms with Crippen molar-refractivity contribution in [2.24, 2.45) is 0 Å². The van der Waals surface area contributed by atoms with Crippen molar-refractivity contribution in [2.75, 3.05) is 10.5 Å². The Hall–Kier alpha value is -1.65. The van der Waals surface area contributed by atoms with Crippen LogP contribution in [0, 0.1) is 10.1 Å². The standard InChI is InChI=1S/C10H8BrN3O4S2/c11-6-1-3-7(4-2-6)13-20(17,18)9-5-8(14(15)16)10(12)19-9/h1-5,13H,12H2. The monoisotopic (exact) mass is 377 g/mol. The van der Waals surface area contributed by atoms with Crippen LogP contribution < -0.4 is 10.5 Å². The molecule has 0 unspecified atom stereocenters. The molecule has 20 heavy (non-hydrogen) atoms. The number of anilines is 2. The first kappa shape index (κ1) is 14.8. The van der Waals surface area contributed by atoms with Gasteiger partial charge in [0.15, 0.2) is 5.00 Å². The van der Waals surface area contributed by atoms with E-state index in [0.717, 1.165) is 10.5 Å². The maximum Gasteiger partial charge on any atom is 0.304 e. The highest BCUT2D eigenvalue weighted by molar-refractivity contribution is 9.10. The Labute approximate surface area is 126 Å². The van der Waals surface area contributed by atoms with E-state index < -0.39 is 20.6 Å². The van der Waals surface area contributed by atoms with Crippen LogP contribution in [0.1, 0.15) is 0 Å². The molecule has 0 aliphatic carbocycles. The van der Waals surface area contributed by atoms with Gasteiger partial charge in [-0.25, -0.2) is 8.42 Å². The molecule has 0 saturated carbocycles. The summed E-state index contributed by atoms with van der Waals surface area (Å²) in [7, 11) is -3.89. The molecule has 3 N–H and O–H groups in total. The van der Waals surface area contributed by atoms with Gasteiger partial charge in [0.1, 0.15) is 4.21 Å². The van der Waals surface area contributed by atoms with Gasteiger partial charge in [0.05, 0.1) is 4.92 Å². The highest BCUT2D eigenvalue weighted by Gasteiger charge is 2.24. The lowest BCUT2D eigenvalue weighted by Gasteiger charge is -2.05. The third-order valence-electron chi connectivity index (χ3n) is 2.28. The first-order chi connectivity index (χ1) is 9.29. The fourth-order valence-electron chi connectivity index (χ4n) is 1.37. The van der Waals surface area contributed by atoms with Crippen molar-refractivity contribution in [3.63, 3.8) is 0 Å². The van der Waals surface area contributed by atoms with Gasteiger partial charge < -0.3 is 5.73 Å². The van der Waals surface area contributed by atoms with Gasteiger partial charge in [-0.15, -0.1) is 0 Å². The summed E-state index contributed by atoms with van der Waals surface area (Å²) in [6, 6.07) is 7.41. The zero-order valence-corrected chi connectivity index (χ0v) is 13.0. The van der Waals surface area contributed by atoms with Crippen molar-refractivity contribution < 1.29 is 13.3 Å². The van der Waals surface area contributed by atoms with Gasteiger partial charge in [-0.3, -0.25) is 14.8 Å². The van der Waals surface area contributed by atoms with E-state index in [1.54, 1.807) is 24.3 Å². The first-order valence-corrected chi connectivity index (χ1v) is 8.21. The Morgan fingerprint density at radius 1 is 1.30 bits per heavy atom.